The number of likely N-dealkylation sites (N-methyl/N-ethyl adjacent to an activating group) is 1. The smallest absolute Gasteiger partial charge is 0.225 e. The van der Waals surface area contributed by atoms with Crippen molar-refractivity contribution in [1.29, 1.82) is 0 Å². The van der Waals surface area contributed by atoms with Crippen LogP contribution in [0.5, 0.6) is 5.75 Å². The predicted molar refractivity (Wildman–Crippen MR) is 157 cm³/mol. The highest BCUT2D eigenvalue weighted by Gasteiger charge is 2.15. The Morgan fingerprint density at radius 1 is 1.08 bits per heavy atom. The molecule has 3 rings (SSSR count). The molecule has 208 valence electrons. The first-order chi connectivity index (χ1) is 18.7. The maximum absolute atomic E-state index is 14.5. The van der Waals surface area contributed by atoms with E-state index in [-0.39, 0.29) is 17.6 Å². The van der Waals surface area contributed by atoms with Gasteiger partial charge in [0.05, 0.1) is 6.54 Å². The average molecular weight is 533 g/mol. The molecule has 3 aromatic rings. The molecule has 0 aliphatic heterocycles. The van der Waals surface area contributed by atoms with Crippen molar-refractivity contribution in [3.8, 4) is 16.9 Å². The monoisotopic (exact) mass is 532 g/mol. The van der Waals surface area contributed by atoms with Crippen LogP contribution < -0.4 is 10.1 Å². The van der Waals surface area contributed by atoms with Crippen molar-refractivity contribution in [2.75, 3.05) is 25.0 Å². The van der Waals surface area contributed by atoms with E-state index in [9.17, 15) is 14.0 Å². The molecule has 5 nitrogen and oxygen atoms in total. The maximum Gasteiger partial charge on any atom is 0.225 e. The molecule has 39 heavy (non-hydrogen) atoms. The SMILES string of the molecule is CCN(CCOc1cc(C)c(-c2cccc(CNc3ccc(CCCC=O)c(F)c3)c2)c(C)c1)C(=O)C(C)C. The molecule has 1 amide bonds. The molecule has 0 heterocycles. The number of benzene rings is 3. The van der Waals surface area contributed by atoms with Gasteiger partial charge in [-0.3, -0.25) is 4.79 Å². The molecule has 0 aliphatic carbocycles. The largest absolute Gasteiger partial charge is 0.492 e. The molecule has 0 atom stereocenters. The van der Waals surface area contributed by atoms with E-state index in [4.69, 9.17) is 4.74 Å². The Hall–Kier alpha value is -3.67. The van der Waals surface area contributed by atoms with Gasteiger partial charge >= 0.3 is 0 Å². The second-order valence-electron chi connectivity index (χ2n) is 10.3. The molecule has 3 aromatic carbocycles. The van der Waals surface area contributed by atoms with Crippen LogP contribution in [-0.2, 0) is 22.6 Å². The molecule has 0 fully saturated rings. The fraction of sp³-hybridized carbons (Fsp3) is 0.394. The van der Waals surface area contributed by atoms with E-state index in [0.29, 0.717) is 51.1 Å². The van der Waals surface area contributed by atoms with Gasteiger partial charge in [-0.2, -0.15) is 0 Å². The molecule has 0 aromatic heterocycles. The van der Waals surface area contributed by atoms with Crippen LogP contribution in [0.1, 0.15) is 55.9 Å². The summed E-state index contributed by atoms with van der Waals surface area (Å²) in [6, 6.07) is 17.6. The van der Waals surface area contributed by atoms with Gasteiger partial charge in [-0.25, -0.2) is 4.39 Å². The van der Waals surface area contributed by atoms with Gasteiger partial charge in [0.2, 0.25) is 5.91 Å². The molecule has 0 saturated heterocycles. The summed E-state index contributed by atoms with van der Waals surface area (Å²) in [6.45, 7) is 12.2. The summed E-state index contributed by atoms with van der Waals surface area (Å²) in [5, 5.41) is 3.32. The number of anilines is 1. The van der Waals surface area contributed by atoms with Crippen LogP contribution in [-0.4, -0.2) is 36.8 Å². The van der Waals surface area contributed by atoms with Crippen LogP contribution in [0.3, 0.4) is 0 Å². The van der Waals surface area contributed by atoms with Gasteiger partial charge in [0.25, 0.3) is 0 Å². The van der Waals surface area contributed by atoms with Crippen molar-refractivity contribution >= 4 is 17.9 Å². The lowest BCUT2D eigenvalue weighted by atomic mass is 9.94. The van der Waals surface area contributed by atoms with Crippen LogP contribution >= 0.6 is 0 Å². The van der Waals surface area contributed by atoms with Crippen LogP contribution in [0.15, 0.2) is 54.6 Å². The molecule has 0 saturated carbocycles. The summed E-state index contributed by atoms with van der Waals surface area (Å²) < 4.78 is 20.5. The molecule has 0 radical (unpaired) electrons. The Morgan fingerprint density at radius 3 is 2.46 bits per heavy atom. The number of aldehydes is 1. The van der Waals surface area contributed by atoms with Gasteiger partial charge in [0.15, 0.2) is 0 Å². The van der Waals surface area contributed by atoms with Crippen LogP contribution in [0.4, 0.5) is 10.1 Å². The number of rotatable bonds is 14. The van der Waals surface area contributed by atoms with Gasteiger partial charge in [0, 0.05) is 31.1 Å². The molecule has 0 bridgehead atoms. The van der Waals surface area contributed by atoms with E-state index in [0.717, 1.165) is 40.0 Å². The normalized spacial score (nSPS) is 10.9. The number of ether oxygens (including phenoxy) is 1. The molecular weight excluding hydrogens is 491 g/mol. The van der Waals surface area contributed by atoms with Crippen LogP contribution in [0, 0.1) is 25.6 Å². The molecule has 0 aliphatic rings. The number of nitrogens with one attached hydrogen (secondary N) is 1. The summed E-state index contributed by atoms with van der Waals surface area (Å²) >= 11 is 0. The van der Waals surface area contributed by atoms with Crippen LogP contribution in [0.2, 0.25) is 0 Å². The van der Waals surface area contributed by atoms with Crippen molar-refractivity contribution in [1.82, 2.24) is 4.90 Å². The summed E-state index contributed by atoms with van der Waals surface area (Å²) in [5.41, 5.74) is 6.97. The number of carbonyl (C=O) groups excluding carboxylic acids is 2. The zero-order chi connectivity index (χ0) is 28.4. The third-order valence-electron chi connectivity index (χ3n) is 6.86. The third kappa shape index (κ3) is 8.41. The number of carbonyl (C=O) groups is 2. The minimum atomic E-state index is -0.248. The number of hydrogen-bond donors (Lipinski definition) is 1. The highest BCUT2D eigenvalue weighted by Crippen LogP contribution is 2.32. The molecule has 0 spiro atoms. The number of nitrogens with zero attached hydrogens (tertiary/aromatic N) is 1. The zero-order valence-electron chi connectivity index (χ0n) is 23.9. The van der Waals surface area contributed by atoms with Crippen molar-refractivity contribution in [3.63, 3.8) is 0 Å². The Balaban J connectivity index is 1.65. The van der Waals surface area contributed by atoms with E-state index in [1.54, 1.807) is 6.07 Å². The summed E-state index contributed by atoms with van der Waals surface area (Å²) in [6.07, 6.45) is 2.53. The fourth-order valence-electron chi connectivity index (χ4n) is 4.80. The summed E-state index contributed by atoms with van der Waals surface area (Å²) in [4.78, 5) is 24.6. The quantitative estimate of drug-likeness (QED) is 0.177. The average Bonchev–Trinajstić information content (AvgIpc) is 2.90. The predicted octanol–water partition coefficient (Wildman–Crippen LogP) is 7.13. The highest BCUT2D eigenvalue weighted by atomic mass is 19.1. The van der Waals surface area contributed by atoms with Crippen molar-refractivity contribution in [3.05, 3.63) is 82.7 Å². The van der Waals surface area contributed by atoms with E-state index >= 15 is 0 Å². The van der Waals surface area contributed by atoms with Crippen molar-refractivity contribution in [2.45, 2.75) is 60.4 Å². The van der Waals surface area contributed by atoms with Gasteiger partial charge in [-0.05, 0) is 97.3 Å². The van der Waals surface area contributed by atoms with E-state index < -0.39 is 0 Å². The van der Waals surface area contributed by atoms with Gasteiger partial charge in [-0.15, -0.1) is 0 Å². The highest BCUT2D eigenvalue weighted by molar-refractivity contribution is 5.78. The molecule has 6 heteroatoms. The maximum atomic E-state index is 14.5. The number of unbranched alkanes of at least 4 members (excludes halogenated alkanes) is 1. The van der Waals surface area contributed by atoms with E-state index in [2.05, 4.69) is 37.4 Å². The first-order valence-corrected chi connectivity index (χ1v) is 13.8. The Kier molecular flexibility index (Phi) is 11.1. The number of hydrogen-bond acceptors (Lipinski definition) is 4. The van der Waals surface area contributed by atoms with Gasteiger partial charge < -0.3 is 19.7 Å². The standard InChI is InChI=1S/C33H41FN2O3/c1-6-36(33(38)23(2)3)15-17-39-30-18-24(4)32(25(5)19-30)28-12-9-10-26(20-28)22-35-29-14-13-27(31(34)21-29)11-7-8-16-37/h9-10,12-14,16,18-21,23,35H,6-8,11,15,17,22H2,1-5H3. The topological polar surface area (TPSA) is 58.6 Å². The second kappa shape index (κ2) is 14.5. The summed E-state index contributed by atoms with van der Waals surface area (Å²) in [5.74, 6) is 0.677. The fourth-order valence-corrected chi connectivity index (χ4v) is 4.80. The first-order valence-electron chi connectivity index (χ1n) is 13.8. The summed E-state index contributed by atoms with van der Waals surface area (Å²) in [7, 11) is 0. The molecular formula is C33H41FN2O3. The second-order valence-corrected chi connectivity index (χ2v) is 10.3. The van der Waals surface area contributed by atoms with Gasteiger partial charge in [0.1, 0.15) is 24.5 Å². The number of aryl methyl sites for hydroxylation is 3. The van der Waals surface area contributed by atoms with Crippen LogP contribution in [0.25, 0.3) is 11.1 Å². The molecule has 1 N–H and O–H groups in total. The van der Waals surface area contributed by atoms with Crippen molar-refractivity contribution < 1.29 is 18.7 Å². The lowest BCUT2D eigenvalue weighted by molar-refractivity contribution is -0.134. The van der Waals surface area contributed by atoms with Gasteiger partial charge in [-0.1, -0.05) is 38.1 Å². The van der Waals surface area contributed by atoms with Crippen molar-refractivity contribution in [2.24, 2.45) is 5.92 Å². The minimum absolute atomic E-state index is 0.0219. The Labute approximate surface area is 232 Å². The first kappa shape index (κ1) is 29.9. The molecule has 0 unspecified atom stereocenters. The minimum Gasteiger partial charge on any atom is -0.492 e. The van der Waals surface area contributed by atoms with E-state index in [1.807, 2.05) is 49.9 Å². The Bertz CT molecular complexity index is 1250. The number of halogens is 1. The Morgan fingerprint density at radius 2 is 1.82 bits per heavy atom. The lowest BCUT2D eigenvalue weighted by Crippen LogP contribution is -2.37. The van der Waals surface area contributed by atoms with E-state index in [1.165, 1.54) is 11.6 Å². The lowest BCUT2D eigenvalue weighted by Gasteiger charge is -2.23. The third-order valence-corrected chi connectivity index (χ3v) is 6.86. The number of amides is 1. The zero-order valence-corrected chi connectivity index (χ0v) is 23.9.